The molecule has 0 N–H and O–H groups in total. The average Bonchev–Trinajstić information content (AvgIpc) is 2.26. The molecule has 0 spiro atoms. The van der Waals surface area contributed by atoms with Crippen molar-refractivity contribution < 1.29 is 31.0 Å². The Balaban J connectivity index is -0.000000980. The van der Waals surface area contributed by atoms with Gasteiger partial charge in [0.2, 0.25) is 0 Å². The van der Waals surface area contributed by atoms with E-state index in [-0.39, 0.29) is 31.0 Å². The third-order valence-electron chi connectivity index (χ3n) is 3.06. The summed E-state index contributed by atoms with van der Waals surface area (Å²) in [5.41, 5.74) is 0. The second-order valence-electron chi connectivity index (χ2n) is 4.68. The molecular weight excluding hydrogens is 310 g/mol. The zero-order chi connectivity index (χ0) is 11.2. The molecule has 2 heteroatoms. The van der Waals surface area contributed by atoms with Gasteiger partial charge in [-0.25, -0.2) is 0 Å². The molecule has 0 unspecified atom stereocenters. The van der Waals surface area contributed by atoms with Crippen molar-refractivity contribution in [1.29, 1.82) is 0 Å². The van der Waals surface area contributed by atoms with Gasteiger partial charge in [0.15, 0.2) is 0 Å². The Morgan fingerprint density at radius 3 is 1.25 bits per heavy atom. The molecule has 0 aromatic carbocycles. The van der Waals surface area contributed by atoms with Crippen molar-refractivity contribution in [3.05, 3.63) is 0 Å². The molecule has 0 saturated carbocycles. The van der Waals surface area contributed by atoms with Gasteiger partial charge in [-0.1, -0.05) is 13.3 Å². The van der Waals surface area contributed by atoms with E-state index < -0.39 is 0 Å². The second-order valence-corrected chi connectivity index (χ2v) is 6.33. The van der Waals surface area contributed by atoms with Gasteiger partial charge >= 0.3 is 127 Å². The van der Waals surface area contributed by atoms with Crippen LogP contribution in [0.3, 0.4) is 0 Å². The summed E-state index contributed by atoms with van der Waals surface area (Å²) in [5, 5.41) is 0. The van der Waals surface area contributed by atoms with E-state index in [0.717, 1.165) is 0 Å². The summed E-state index contributed by atoms with van der Waals surface area (Å²) in [6.07, 6.45) is 17.7. The summed E-state index contributed by atoms with van der Waals surface area (Å²) in [6.45, 7) is 2.29. The number of rotatable bonds is 12. The second kappa shape index (κ2) is 19.1. The maximum atomic E-state index is 2.29. The summed E-state index contributed by atoms with van der Waals surface area (Å²) in [4.78, 5) is 0. The first-order valence-corrected chi connectivity index (χ1v) is 9.45. The molecule has 0 saturated heterocycles. The van der Waals surface area contributed by atoms with Crippen LogP contribution in [0, 0.1) is 0 Å². The normalized spacial score (nSPS) is 10.1. The van der Waals surface area contributed by atoms with Crippen LogP contribution in [-0.4, -0.2) is 22.5 Å². The van der Waals surface area contributed by atoms with Gasteiger partial charge in [-0.2, -0.15) is 0 Å². The molecule has 0 aromatic heterocycles. The van der Waals surface area contributed by atoms with Gasteiger partial charge in [0.05, 0.1) is 0 Å². The van der Waals surface area contributed by atoms with E-state index in [9.17, 15) is 0 Å². The largest absolute Gasteiger partial charge is 1.00 e. The molecule has 0 amide bonds. The first-order valence-electron chi connectivity index (χ1n) is 7.12. The minimum atomic E-state index is 0. The number of hydrogen-bond acceptors (Lipinski definition) is 0. The third-order valence-corrected chi connectivity index (χ3v) is 4.22. The van der Waals surface area contributed by atoms with Gasteiger partial charge in [0.1, 0.15) is 0 Å². The van der Waals surface area contributed by atoms with Crippen LogP contribution in [-0.2, 0) is 0 Å². The van der Waals surface area contributed by atoms with Crippen molar-refractivity contribution in [3.8, 4) is 0 Å². The van der Waals surface area contributed by atoms with E-state index in [0.29, 0.717) is 0 Å². The summed E-state index contributed by atoms with van der Waals surface area (Å²) in [5.74, 6) is 0. The predicted octanol–water partition coefficient (Wildman–Crippen LogP) is 2.12. The maximum Gasteiger partial charge on any atom is 1.00 e. The molecule has 2 radical (unpaired) electrons. The molecule has 92 valence electrons. The van der Waals surface area contributed by atoms with Crippen LogP contribution in [0.5, 0.6) is 0 Å². The molecule has 0 aliphatic heterocycles. The van der Waals surface area contributed by atoms with Crippen LogP contribution in [0.1, 0.15) is 85.4 Å². The molecule has 0 rings (SSSR count). The fourth-order valence-electron chi connectivity index (χ4n) is 1.99. The maximum absolute atomic E-state index is 2.29. The molecule has 0 bridgehead atoms. The molecule has 0 aliphatic rings. The average molecular weight is 341 g/mol. The minimum absolute atomic E-state index is 0. The Morgan fingerprint density at radius 1 is 0.625 bits per heavy atom. The Labute approximate surface area is 141 Å². The molecule has 0 aromatic rings. The Kier molecular flexibility index (Phi) is 24.1. The quantitative estimate of drug-likeness (QED) is 0.377. The fourth-order valence-corrected chi connectivity index (χ4v) is 2.81. The molecule has 0 atom stereocenters. The van der Waals surface area contributed by atoms with E-state index in [4.69, 9.17) is 0 Å². The minimum Gasteiger partial charge on any atom is -1.00 e. The first-order chi connectivity index (χ1) is 7.41. The number of unbranched alkanes of at least 4 members (excludes halogenated alkanes) is 11. The standard InChI is InChI=1S/C14H29.Na.Sn.2H/c1-3-5-7-9-11-13-14-12-10-8-6-4-2;;;;/h1,3-14H2,2H3;;;;/q;+1;;;-1. The van der Waals surface area contributed by atoms with Gasteiger partial charge in [-0.3, -0.25) is 0 Å². The Morgan fingerprint density at radius 2 is 0.938 bits per heavy atom. The van der Waals surface area contributed by atoms with E-state index >= 15 is 0 Å². The molecule has 0 aliphatic carbocycles. The monoisotopic (exact) mass is 342 g/mol. The summed E-state index contributed by atoms with van der Waals surface area (Å²) in [6, 6.07) is 0. The van der Waals surface area contributed by atoms with E-state index in [2.05, 4.69) is 6.92 Å². The fraction of sp³-hybridized carbons (Fsp3) is 1.00. The topological polar surface area (TPSA) is 0 Å². The summed E-state index contributed by atoms with van der Waals surface area (Å²) < 4.78 is 1.50. The van der Waals surface area contributed by atoms with Crippen LogP contribution in [0.4, 0.5) is 0 Å². The third kappa shape index (κ3) is 18.2. The SMILES string of the molecule is CCCCCCCCCCCCC[CH2][SnH].[H-].[Na+]. The predicted molar refractivity (Wildman–Crippen MR) is 74.1 cm³/mol. The van der Waals surface area contributed by atoms with Crippen molar-refractivity contribution in [2.75, 3.05) is 0 Å². The van der Waals surface area contributed by atoms with Crippen molar-refractivity contribution in [3.63, 3.8) is 0 Å². The molecule has 0 heterocycles. The Hall–Kier alpha value is 1.80. The zero-order valence-corrected chi connectivity index (χ0v) is 17.1. The smallest absolute Gasteiger partial charge is 1.00 e. The van der Waals surface area contributed by atoms with Crippen LogP contribution in [0.25, 0.3) is 0 Å². The van der Waals surface area contributed by atoms with Gasteiger partial charge in [0, 0.05) is 0 Å². The Bertz CT molecular complexity index is 100. The molecule has 0 nitrogen and oxygen atoms in total. The van der Waals surface area contributed by atoms with Crippen molar-refractivity contribution >= 4 is 22.5 Å². The molecule has 16 heavy (non-hydrogen) atoms. The van der Waals surface area contributed by atoms with Gasteiger partial charge in [-0.05, 0) is 0 Å². The van der Waals surface area contributed by atoms with Gasteiger partial charge < -0.3 is 1.43 Å². The zero-order valence-electron chi connectivity index (χ0n) is 12.8. The number of hydrogen-bond donors (Lipinski definition) is 0. The van der Waals surface area contributed by atoms with Crippen molar-refractivity contribution in [2.45, 2.75) is 88.4 Å². The van der Waals surface area contributed by atoms with Crippen LogP contribution < -0.4 is 29.6 Å². The van der Waals surface area contributed by atoms with Crippen LogP contribution in [0.15, 0.2) is 0 Å². The van der Waals surface area contributed by atoms with Gasteiger partial charge in [0.25, 0.3) is 0 Å². The van der Waals surface area contributed by atoms with Crippen LogP contribution >= 0.6 is 0 Å². The summed E-state index contributed by atoms with van der Waals surface area (Å²) >= 11 is 1.47. The van der Waals surface area contributed by atoms with E-state index in [1.807, 2.05) is 0 Å². The van der Waals surface area contributed by atoms with Gasteiger partial charge in [-0.15, -0.1) is 0 Å². The van der Waals surface area contributed by atoms with E-state index in [1.54, 1.807) is 0 Å². The van der Waals surface area contributed by atoms with Crippen molar-refractivity contribution in [1.82, 2.24) is 0 Å². The summed E-state index contributed by atoms with van der Waals surface area (Å²) in [7, 11) is 0. The van der Waals surface area contributed by atoms with Crippen LogP contribution in [0.2, 0.25) is 4.44 Å². The van der Waals surface area contributed by atoms with E-state index in [1.165, 1.54) is 104 Å². The first kappa shape index (κ1) is 20.1. The van der Waals surface area contributed by atoms with Crippen molar-refractivity contribution in [2.24, 2.45) is 0 Å². The molecule has 0 fully saturated rings. The molecular formula is C14H31NaSn.